The lowest BCUT2D eigenvalue weighted by atomic mass is 10.3. The molecule has 0 aromatic carbocycles. The molecule has 0 radical (unpaired) electrons. The highest BCUT2D eigenvalue weighted by molar-refractivity contribution is 5.92. The van der Waals surface area contributed by atoms with E-state index in [1.165, 1.54) is 12.1 Å². The number of hydrogen-bond donors (Lipinski definition) is 1. The Labute approximate surface area is 118 Å². The van der Waals surface area contributed by atoms with Crippen LogP contribution in [0.3, 0.4) is 0 Å². The quantitative estimate of drug-likeness (QED) is 0.882. The average molecular weight is 280 g/mol. The summed E-state index contributed by atoms with van der Waals surface area (Å²) in [7, 11) is 0. The molecule has 1 aliphatic rings. The molecular formula is C14H21FN4O. The summed E-state index contributed by atoms with van der Waals surface area (Å²) in [6.45, 7) is 4.92. The molecule has 1 aromatic rings. The van der Waals surface area contributed by atoms with Crippen LogP contribution in [-0.4, -0.2) is 60.0 Å². The first-order valence-electron chi connectivity index (χ1n) is 7.04. The number of rotatable bonds is 4. The van der Waals surface area contributed by atoms with Crippen molar-refractivity contribution in [2.75, 3.05) is 39.3 Å². The van der Waals surface area contributed by atoms with Crippen molar-refractivity contribution in [2.24, 2.45) is 5.73 Å². The molecule has 1 amide bonds. The van der Waals surface area contributed by atoms with Crippen molar-refractivity contribution in [1.29, 1.82) is 0 Å². The first-order valence-corrected chi connectivity index (χ1v) is 7.04. The van der Waals surface area contributed by atoms with Gasteiger partial charge in [0.05, 0.1) is 6.20 Å². The standard InChI is InChI=1S/C14H21FN4O/c15-12-3-4-13(17-11-12)14(20)19-8-2-7-18(9-10-19)6-1-5-16/h3-4,11H,1-2,5-10,16H2. The Balaban J connectivity index is 1.92. The van der Waals surface area contributed by atoms with Crippen LogP contribution < -0.4 is 5.73 Å². The van der Waals surface area contributed by atoms with E-state index in [-0.39, 0.29) is 5.91 Å². The molecule has 0 saturated carbocycles. The molecule has 2 heterocycles. The molecule has 0 bridgehead atoms. The van der Waals surface area contributed by atoms with Crippen molar-refractivity contribution in [1.82, 2.24) is 14.8 Å². The van der Waals surface area contributed by atoms with Gasteiger partial charge in [-0.2, -0.15) is 0 Å². The Bertz CT molecular complexity index is 437. The topological polar surface area (TPSA) is 62.5 Å². The maximum absolute atomic E-state index is 12.8. The zero-order valence-corrected chi connectivity index (χ0v) is 11.6. The molecule has 20 heavy (non-hydrogen) atoms. The van der Waals surface area contributed by atoms with Gasteiger partial charge in [0.1, 0.15) is 11.5 Å². The molecule has 1 fully saturated rings. The first kappa shape index (κ1) is 14.9. The number of halogens is 1. The van der Waals surface area contributed by atoms with Crippen LogP contribution in [0.5, 0.6) is 0 Å². The van der Waals surface area contributed by atoms with Crippen molar-refractivity contribution in [3.63, 3.8) is 0 Å². The van der Waals surface area contributed by atoms with E-state index >= 15 is 0 Å². The third-order valence-electron chi connectivity index (χ3n) is 3.50. The van der Waals surface area contributed by atoms with E-state index in [4.69, 9.17) is 5.73 Å². The summed E-state index contributed by atoms with van der Waals surface area (Å²) >= 11 is 0. The largest absolute Gasteiger partial charge is 0.336 e. The number of hydrogen-bond acceptors (Lipinski definition) is 4. The van der Waals surface area contributed by atoms with Crippen LogP contribution in [0.2, 0.25) is 0 Å². The third-order valence-corrected chi connectivity index (χ3v) is 3.50. The third kappa shape index (κ3) is 3.98. The summed E-state index contributed by atoms with van der Waals surface area (Å²) in [5.74, 6) is -0.545. The Morgan fingerprint density at radius 3 is 2.85 bits per heavy atom. The summed E-state index contributed by atoms with van der Waals surface area (Å²) in [6, 6.07) is 2.71. The van der Waals surface area contributed by atoms with Crippen LogP contribution >= 0.6 is 0 Å². The van der Waals surface area contributed by atoms with Crippen LogP contribution in [0.25, 0.3) is 0 Å². The normalized spacial score (nSPS) is 17.0. The molecule has 6 heteroatoms. The number of carbonyl (C=O) groups excluding carboxylic acids is 1. The van der Waals surface area contributed by atoms with Gasteiger partial charge in [-0.25, -0.2) is 9.37 Å². The highest BCUT2D eigenvalue weighted by Gasteiger charge is 2.20. The molecular weight excluding hydrogens is 259 g/mol. The number of nitrogens with two attached hydrogens (primary N) is 1. The fraction of sp³-hybridized carbons (Fsp3) is 0.571. The van der Waals surface area contributed by atoms with Gasteiger partial charge in [0.2, 0.25) is 0 Å². The van der Waals surface area contributed by atoms with E-state index in [1.807, 2.05) is 0 Å². The fourth-order valence-corrected chi connectivity index (χ4v) is 2.38. The van der Waals surface area contributed by atoms with Crippen LogP contribution in [-0.2, 0) is 0 Å². The van der Waals surface area contributed by atoms with E-state index in [0.717, 1.165) is 45.2 Å². The van der Waals surface area contributed by atoms with Gasteiger partial charge in [-0.15, -0.1) is 0 Å². The van der Waals surface area contributed by atoms with Gasteiger partial charge in [0, 0.05) is 19.6 Å². The van der Waals surface area contributed by atoms with Crippen molar-refractivity contribution in [3.8, 4) is 0 Å². The fourth-order valence-electron chi connectivity index (χ4n) is 2.38. The second kappa shape index (κ2) is 7.31. The summed E-state index contributed by atoms with van der Waals surface area (Å²) in [5.41, 5.74) is 5.83. The van der Waals surface area contributed by atoms with Crippen molar-refractivity contribution < 1.29 is 9.18 Å². The number of amides is 1. The minimum absolute atomic E-state index is 0.120. The molecule has 1 saturated heterocycles. The summed E-state index contributed by atoms with van der Waals surface area (Å²) in [6.07, 6.45) is 3.00. The van der Waals surface area contributed by atoms with Gasteiger partial charge in [0.25, 0.3) is 5.91 Å². The molecule has 1 aliphatic heterocycles. The molecule has 5 nitrogen and oxygen atoms in total. The first-order chi connectivity index (χ1) is 9.70. The lowest BCUT2D eigenvalue weighted by Crippen LogP contribution is -2.36. The number of aromatic nitrogens is 1. The maximum Gasteiger partial charge on any atom is 0.272 e. The second-order valence-corrected chi connectivity index (χ2v) is 4.99. The molecule has 0 atom stereocenters. The number of pyridine rings is 1. The monoisotopic (exact) mass is 280 g/mol. The second-order valence-electron chi connectivity index (χ2n) is 4.99. The van der Waals surface area contributed by atoms with Gasteiger partial charge >= 0.3 is 0 Å². The predicted octanol–water partition coefficient (Wildman–Crippen LogP) is 0.717. The molecule has 110 valence electrons. The molecule has 0 spiro atoms. The highest BCUT2D eigenvalue weighted by Crippen LogP contribution is 2.08. The molecule has 1 aromatic heterocycles. The average Bonchev–Trinajstić information content (AvgIpc) is 2.70. The van der Waals surface area contributed by atoms with Crippen LogP contribution in [0.15, 0.2) is 18.3 Å². The maximum atomic E-state index is 12.8. The molecule has 2 rings (SSSR count). The molecule has 2 N–H and O–H groups in total. The van der Waals surface area contributed by atoms with E-state index in [2.05, 4.69) is 9.88 Å². The van der Waals surface area contributed by atoms with Crippen LogP contribution in [0.4, 0.5) is 4.39 Å². The summed E-state index contributed by atoms with van der Waals surface area (Å²) < 4.78 is 12.8. The lowest BCUT2D eigenvalue weighted by Gasteiger charge is -2.21. The number of carbonyl (C=O) groups is 1. The lowest BCUT2D eigenvalue weighted by molar-refractivity contribution is 0.0755. The number of nitrogens with zero attached hydrogens (tertiary/aromatic N) is 3. The van der Waals surface area contributed by atoms with Crippen LogP contribution in [0, 0.1) is 5.82 Å². The SMILES string of the molecule is NCCCN1CCCN(C(=O)c2ccc(F)cn2)CC1. The summed E-state index contributed by atoms with van der Waals surface area (Å²) in [4.78, 5) is 20.3. The smallest absolute Gasteiger partial charge is 0.272 e. The summed E-state index contributed by atoms with van der Waals surface area (Å²) in [5, 5.41) is 0. The zero-order chi connectivity index (χ0) is 14.4. The van der Waals surface area contributed by atoms with Gasteiger partial charge in [-0.1, -0.05) is 0 Å². The van der Waals surface area contributed by atoms with E-state index in [0.29, 0.717) is 18.8 Å². The minimum Gasteiger partial charge on any atom is -0.336 e. The van der Waals surface area contributed by atoms with Gasteiger partial charge in [0.15, 0.2) is 0 Å². The van der Waals surface area contributed by atoms with E-state index in [1.54, 1.807) is 4.90 Å². The Kier molecular flexibility index (Phi) is 5.43. The van der Waals surface area contributed by atoms with Crippen molar-refractivity contribution in [3.05, 3.63) is 29.8 Å². The van der Waals surface area contributed by atoms with E-state index in [9.17, 15) is 9.18 Å². The van der Waals surface area contributed by atoms with Gasteiger partial charge < -0.3 is 15.5 Å². The van der Waals surface area contributed by atoms with E-state index < -0.39 is 5.82 Å². The Morgan fingerprint density at radius 2 is 2.15 bits per heavy atom. The minimum atomic E-state index is -0.426. The van der Waals surface area contributed by atoms with Gasteiger partial charge in [-0.3, -0.25) is 4.79 Å². The predicted molar refractivity (Wildman–Crippen MR) is 74.8 cm³/mol. The van der Waals surface area contributed by atoms with Gasteiger partial charge in [-0.05, 0) is 44.6 Å². The molecule has 0 unspecified atom stereocenters. The molecule has 0 aliphatic carbocycles. The van der Waals surface area contributed by atoms with Crippen LogP contribution in [0.1, 0.15) is 23.3 Å². The zero-order valence-electron chi connectivity index (χ0n) is 11.6. The van der Waals surface area contributed by atoms with Crippen molar-refractivity contribution >= 4 is 5.91 Å². The Hall–Kier alpha value is -1.53. The van der Waals surface area contributed by atoms with Crippen molar-refractivity contribution in [2.45, 2.75) is 12.8 Å². The highest BCUT2D eigenvalue weighted by atomic mass is 19.1. The Morgan fingerprint density at radius 1 is 1.30 bits per heavy atom.